The van der Waals surface area contributed by atoms with E-state index in [-0.39, 0.29) is 5.79 Å². The average molecular weight is 230 g/mol. The molecule has 2 nitrogen and oxygen atoms in total. The fourth-order valence-corrected chi connectivity index (χ4v) is 1.88. The van der Waals surface area contributed by atoms with Crippen molar-refractivity contribution < 1.29 is 9.47 Å². The molecule has 1 saturated heterocycles. The number of unbranched alkanes of at least 4 members (excludes halogenated alkanes) is 1. The summed E-state index contributed by atoms with van der Waals surface area (Å²) in [6, 6.07) is 0. The molecule has 0 radical (unpaired) electrons. The third-order valence-electron chi connectivity index (χ3n) is 2.93. The lowest BCUT2D eigenvalue weighted by Crippen LogP contribution is -2.32. The predicted octanol–water partition coefficient (Wildman–Crippen LogP) is 4.53. The Kier molecular flexibility index (Phi) is 10.0. The molecule has 0 aromatic rings. The van der Waals surface area contributed by atoms with Crippen LogP contribution in [0.2, 0.25) is 0 Å². The van der Waals surface area contributed by atoms with Gasteiger partial charge in [0.1, 0.15) is 0 Å². The number of rotatable bonds is 1. The highest BCUT2D eigenvalue weighted by Crippen LogP contribution is 2.35. The molecule has 0 atom stereocenters. The maximum atomic E-state index is 5.56. The maximum Gasteiger partial charge on any atom is 0.168 e. The van der Waals surface area contributed by atoms with Gasteiger partial charge in [-0.3, -0.25) is 0 Å². The normalized spacial score (nSPS) is 21.8. The van der Waals surface area contributed by atoms with Crippen molar-refractivity contribution in [3.8, 4) is 0 Å². The molecular weight excluding hydrogens is 200 g/mol. The summed E-state index contributed by atoms with van der Waals surface area (Å²) < 4.78 is 11.1. The van der Waals surface area contributed by atoms with Gasteiger partial charge in [-0.05, 0) is 12.8 Å². The van der Waals surface area contributed by atoms with Crippen molar-refractivity contribution in [1.29, 1.82) is 0 Å². The number of ether oxygens (including phenoxy) is 2. The number of hydrogen-bond donors (Lipinski definition) is 0. The van der Waals surface area contributed by atoms with Crippen LogP contribution in [0.3, 0.4) is 0 Å². The molecule has 2 fully saturated rings. The Morgan fingerprint density at radius 2 is 1.25 bits per heavy atom. The molecule has 2 heteroatoms. The fourth-order valence-electron chi connectivity index (χ4n) is 1.88. The molecule has 0 aromatic heterocycles. The first-order valence-corrected chi connectivity index (χ1v) is 7.11. The quantitative estimate of drug-likeness (QED) is 0.659. The Balaban J connectivity index is 0.000000323. The Morgan fingerprint density at radius 3 is 1.62 bits per heavy atom. The van der Waals surface area contributed by atoms with Gasteiger partial charge in [-0.2, -0.15) is 0 Å². The monoisotopic (exact) mass is 230 g/mol. The highest BCUT2D eigenvalue weighted by molar-refractivity contribution is 4.77. The minimum absolute atomic E-state index is 0.127. The van der Waals surface area contributed by atoms with Crippen LogP contribution >= 0.6 is 0 Å². The van der Waals surface area contributed by atoms with E-state index >= 15 is 0 Å². The lowest BCUT2D eigenvalue weighted by Gasteiger charge is -2.30. The molecule has 0 unspecified atom stereocenters. The third-order valence-corrected chi connectivity index (χ3v) is 2.93. The summed E-state index contributed by atoms with van der Waals surface area (Å²) in [6.45, 7) is 9.97. The van der Waals surface area contributed by atoms with Crippen molar-refractivity contribution in [2.24, 2.45) is 0 Å². The van der Waals surface area contributed by atoms with Crippen molar-refractivity contribution >= 4 is 0 Å². The second-order valence-electron chi connectivity index (χ2n) is 4.17. The van der Waals surface area contributed by atoms with Crippen molar-refractivity contribution in [1.82, 2.24) is 0 Å². The van der Waals surface area contributed by atoms with E-state index < -0.39 is 0 Å². The zero-order valence-electron chi connectivity index (χ0n) is 11.7. The molecule has 0 amide bonds. The topological polar surface area (TPSA) is 18.5 Å². The van der Waals surface area contributed by atoms with Crippen LogP contribution in [0.25, 0.3) is 0 Å². The van der Waals surface area contributed by atoms with Crippen molar-refractivity contribution in [3.63, 3.8) is 0 Å². The highest BCUT2D eigenvalue weighted by Gasteiger charge is 2.37. The van der Waals surface area contributed by atoms with E-state index in [4.69, 9.17) is 9.47 Å². The molecule has 0 N–H and O–H groups in total. The van der Waals surface area contributed by atoms with Gasteiger partial charge in [-0.1, -0.05) is 47.0 Å². The van der Waals surface area contributed by atoms with Crippen LogP contribution in [0.5, 0.6) is 0 Å². The first-order chi connectivity index (χ1) is 7.83. The van der Waals surface area contributed by atoms with Crippen LogP contribution in [0.4, 0.5) is 0 Å². The first-order valence-electron chi connectivity index (χ1n) is 7.11. The van der Waals surface area contributed by atoms with Gasteiger partial charge in [-0.15, -0.1) is 0 Å². The van der Waals surface area contributed by atoms with E-state index in [0.717, 1.165) is 26.1 Å². The molecule has 1 saturated carbocycles. The summed E-state index contributed by atoms with van der Waals surface area (Å²) in [5.41, 5.74) is 0. The first kappa shape index (κ1) is 15.9. The molecule has 2 rings (SSSR count). The van der Waals surface area contributed by atoms with E-state index in [1.165, 1.54) is 32.1 Å². The molecule has 16 heavy (non-hydrogen) atoms. The molecule has 0 aromatic carbocycles. The highest BCUT2D eigenvalue weighted by atomic mass is 16.7. The predicted molar refractivity (Wildman–Crippen MR) is 69.7 cm³/mol. The average Bonchev–Trinajstić information content (AvgIpc) is 2.81. The standard InChI is InChI=1S/C8H14O2.C4H10.C2H6/c1-2-4-8(5-3-1)9-6-7-10-8;1-3-4-2;1-2/h1-7H2;3-4H2,1-2H3;1-2H3. The smallest absolute Gasteiger partial charge is 0.168 e. The molecule has 0 bridgehead atoms. The zero-order chi connectivity index (χ0) is 12.3. The van der Waals surface area contributed by atoms with Crippen LogP contribution in [0.15, 0.2) is 0 Å². The van der Waals surface area contributed by atoms with Gasteiger partial charge in [-0.25, -0.2) is 0 Å². The second kappa shape index (κ2) is 10.1. The summed E-state index contributed by atoms with van der Waals surface area (Å²) in [7, 11) is 0. The van der Waals surface area contributed by atoms with Gasteiger partial charge in [0.2, 0.25) is 0 Å². The van der Waals surface area contributed by atoms with Crippen molar-refractivity contribution in [3.05, 3.63) is 0 Å². The van der Waals surface area contributed by atoms with Gasteiger partial charge in [0, 0.05) is 12.8 Å². The van der Waals surface area contributed by atoms with Crippen molar-refractivity contribution in [2.75, 3.05) is 13.2 Å². The van der Waals surface area contributed by atoms with E-state index in [1.54, 1.807) is 0 Å². The Morgan fingerprint density at radius 1 is 0.812 bits per heavy atom. The van der Waals surface area contributed by atoms with E-state index in [2.05, 4.69) is 13.8 Å². The summed E-state index contributed by atoms with van der Waals surface area (Å²) in [4.78, 5) is 0. The van der Waals surface area contributed by atoms with E-state index in [1.807, 2.05) is 13.8 Å². The number of hydrogen-bond acceptors (Lipinski definition) is 2. The molecule has 1 aliphatic heterocycles. The van der Waals surface area contributed by atoms with Gasteiger partial charge in [0.25, 0.3) is 0 Å². The summed E-state index contributed by atoms with van der Waals surface area (Å²) in [5, 5.41) is 0. The Bertz CT molecular complexity index is 130. The zero-order valence-corrected chi connectivity index (χ0v) is 11.7. The molecule has 1 spiro atoms. The summed E-state index contributed by atoms with van der Waals surface area (Å²) >= 11 is 0. The molecule has 98 valence electrons. The van der Waals surface area contributed by atoms with Gasteiger partial charge in [0.05, 0.1) is 13.2 Å². The summed E-state index contributed by atoms with van der Waals surface area (Å²) in [6.07, 6.45) is 8.79. The lowest BCUT2D eigenvalue weighted by molar-refractivity contribution is -0.176. The second-order valence-corrected chi connectivity index (χ2v) is 4.17. The van der Waals surface area contributed by atoms with E-state index in [0.29, 0.717) is 0 Å². The van der Waals surface area contributed by atoms with Crippen LogP contribution in [0, 0.1) is 0 Å². The molecule has 2 aliphatic rings. The van der Waals surface area contributed by atoms with Crippen LogP contribution in [-0.2, 0) is 9.47 Å². The molecule has 1 aliphatic carbocycles. The minimum atomic E-state index is -0.127. The van der Waals surface area contributed by atoms with Crippen molar-refractivity contribution in [2.45, 2.75) is 78.4 Å². The van der Waals surface area contributed by atoms with Gasteiger partial charge in [0.15, 0.2) is 5.79 Å². The minimum Gasteiger partial charge on any atom is -0.348 e. The fraction of sp³-hybridized carbons (Fsp3) is 1.00. The Hall–Kier alpha value is -0.0800. The largest absolute Gasteiger partial charge is 0.348 e. The molecule has 1 heterocycles. The molecular formula is C14H30O2. The van der Waals surface area contributed by atoms with Gasteiger partial charge < -0.3 is 9.47 Å². The lowest BCUT2D eigenvalue weighted by atomic mass is 9.94. The maximum absolute atomic E-state index is 5.56. The SMILES string of the molecule is C1CCC2(CC1)OCCO2.CC.CCCC. The van der Waals surface area contributed by atoms with Crippen LogP contribution in [0.1, 0.15) is 72.6 Å². The van der Waals surface area contributed by atoms with Gasteiger partial charge >= 0.3 is 0 Å². The Labute approximate surface area is 102 Å². The van der Waals surface area contributed by atoms with E-state index in [9.17, 15) is 0 Å². The third kappa shape index (κ3) is 5.86. The summed E-state index contributed by atoms with van der Waals surface area (Å²) in [5.74, 6) is -0.127. The van der Waals surface area contributed by atoms with Crippen LogP contribution in [-0.4, -0.2) is 19.0 Å². The van der Waals surface area contributed by atoms with Crippen LogP contribution < -0.4 is 0 Å².